The normalized spacial score (nSPS) is 40.6. The van der Waals surface area contributed by atoms with Gasteiger partial charge < -0.3 is 53.0 Å². The third-order valence-electron chi connectivity index (χ3n) is 15.4. The third-order valence-corrected chi connectivity index (χ3v) is 15.4. The van der Waals surface area contributed by atoms with Gasteiger partial charge in [-0.1, -0.05) is 58.0 Å². The van der Waals surface area contributed by atoms with Gasteiger partial charge in [0.25, 0.3) is 0 Å². The molecule has 2 N–H and O–H groups in total. The lowest BCUT2D eigenvalue weighted by Gasteiger charge is -2.50. The van der Waals surface area contributed by atoms with Crippen LogP contribution in [0.25, 0.3) is 11.4 Å². The monoisotopic (exact) mass is 968 g/mol. The van der Waals surface area contributed by atoms with Crippen molar-refractivity contribution in [2.45, 2.75) is 186 Å². The second kappa shape index (κ2) is 21.8. The van der Waals surface area contributed by atoms with Crippen molar-refractivity contribution in [1.82, 2.24) is 19.9 Å². The summed E-state index contributed by atoms with van der Waals surface area (Å²) < 4.78 is 51.5. The number of Topliss-reactive ketones (excluding diaryl/α,β-unsaturated/α-hetero) is 1. The number of amides is 1. The topological polar surface area (TPSA) is 210 Å². The summed E-state index contributed by atoms with van der Waals surface area (Å²) in [4.78, 5) is 55.4. The number of nitrogens with zero attached hydrogens (tertiary/aromatic N) is 5. The van der Waals surface area contributed by atoms with E-state index < -0.39 is 108 Å². The Kier molecular flexibility index (Phi) is 17.2. The number of carbonyl (C=O) groups is 3. The summed E-state index contributed by atoms with van der Waals surface area (Å²) in [5.74, 6) is -3.83. The van der Waals surface area contributed by atoms with Gasteiger partial charge in [0, 0.05) is 61.8 Å². The lowest BCUT2D eigenvalue weighted by atomic mass is 9.73. The van der Waals surface area contributed by atoms with E-state index in [9.17, 15) is 19.8 Å². The minimum atomic E-state index is -1.58. The first-order chi connectivity index (χ1) is 32.4. The van der Waals surface area contributed by atoms with Gasteiger partial charge in [-0.3, -0.25) is 9.59 Å². The molecule has 384 valence electrons. The van der Waals surface area contributed by atoms with Gasteiger partial charge in [-0.05, 0) is 81.8 Å². The molecule has 69 heavy (non-hydrogen) atoms. The average Bonchev–Trinajstić information content (AvgIpc) is 3.58. The molecule has 4 aliphatic heterocycles. The number of aryl methyl sites for hydroxylation is 1. The summed E-state index contributed by atoms with van der Waals surface area (Å²) in [5.41, 5.74) is -1.97. The van der Waals surface area contributed by atoms with Crippen LogP contribution in [0, 0.1) is 30.6 Å². The smallest absolute Gasteiger partial charge is 0.431 e. The zero-order valence-electron chi connectivity index (χ0n) is 43.2. The number of aliphatic hydroxyl groups excluding tert-OH is 2. The van der Waals surface area contributed by atoms with Crippen LogP contribution in [-0.4, -0.2) is 167 Å². The highest BCUT2D eigenvalue weighted by Gasteiger charge is 2.61. The molecular formula is C51H77N5O13. The SMILES string of the molecule is CC[C@H]1OC(=O)[C@H](C)C(OC2CC(C)(OC)C(O)C(C)O2)[C@H](C)[C@@H](OC2OC(C)CC(N(C)C)C2O)[C@](C)(OC)C[C@@H](C)C(=O)[C@H](C)[C@H]2N(/N=C/c3cnc(-c4ccccc4)nc3C)C(=O)O[C@]12C. The number of cyclic esters (lactones) is 1. The first kappa shape index (κ1) is 54.4. The van der Waals surface area contributed by atoms with E-state index >= 15 is 4.79 Å². The fourth-order valence-electron chi connectivity index (χ4n) is 11.1. The van der Waals surface area contributed by atoms with Crippen LogP contribution < -0.4 is 0 Å². The number of rotatable bonds is 11. The standard InChI is InChI=1S/C51H77N5O13/c1-16-37-51(11)42(56(48(61)69-51)53-26-35-25-52-45(54-32(35)7)34-20-18-17-19-21-34)29(4)39(57)27(2)23-50(10,63-15)44(68-47-40(58)36(55(12)13)22-28(3)64-47)30(5)41(31(6)46(60)66-37)67-38-24-49(9,62-14)43(59)33(8)65-38/h17-21,25-31,33,36-38,40-44,47,58-59H,16,22-24H2,1-15H3/b53-26+/t27-,28?,29+,30+,31-,33?,36?,37-,38?,40?,41?,42-,43?,44-,47?,49?,50-,51-/m1/s1. The van der Waals surface area contributed by atoms with Crippen LogP contribution in [0.15, 0.2) is 41.6 Å². The number of fused-ring (bicyclic) bond motifs is 1. The first-order valence-corrected chi connectivity index (χ1v) is 24.4. The summed E-state index contributed by atoms with van der Waals surface area (Å²) in [6, 6.07) is 8.17. The maximum Gasteiger partial charge on any atom is 0.431 e. The highest BCUT2D eigenvalue weighted by molar-refractivity contribution is 5.86. The van der Waals surface area contributed by atoms with Gasteiger partial charge in [0.2, 0.25) is 0 Å². The van der Waals surface area contributed by atoms with E-state index in [1.54, 1.807) is 47.7 Å². The van der Waals surface area contributed by atoms with Crippen molar-refractivity contribution in [1.29, 1.82) is 0 Å². The van der Waals surface area contributed by atoms with Gasteiger partial charge in [0.1, 0.15) is 30.1 Å². The van der Waals surface area contributed by atoms with E-state index in [1.165, 1.54) is 20.4 Å². The summed E-state index contributed by atoms with van der Waals surface area (Å²) in [5, 5.41) is 28.8. The number of aliphatic hydroxyl groups is 2. The predicted molar refractivity (Wildman–Crippen MR) is 255 cm³/mol. The fraction of sp³-hybridized carbons (Fsp3) is 0.725. The number of carbonyl (C=O) groups excluding carboxylic acids is 3. The lowest BCUT2D eigenvalue weighted by Crippen LogP contribution is -2.61. The van der Waals surface area contributed by atoms with Crippen LogP contribution in [0.4, 0.5) is 4.79 Å². The molecule has 18 nitrogen and oxygen atoms in total. The maximum absolute atomic E-state index is 15.1. The van der Waals surface area contributed by atoms with E-state index in [4.69, 9.17) is 37.9 Å². The Balaban J connectivity index is 1.45. The van der Waals surface area contributed by atoms with E-state index in [0.29, 0.717) is 23.5 Å². The second-order valence-electron chi connectivity index (χ2n) is 20.6. The molecule has 0 saturated carbocycles. The highest BCUT2D eigenvalue weighted by Crippen LogP contribution is 2.45. The minimum Gasteiger partial charge on any atom is -0.458 e. The fourth-order valence-corrected chi connectivity index (χ4v) is 11.1. The molecule has 9 unspecified atom stereocenters. The lowest BCUT2D eigenvalue weighted by molar-refractivity contribution is -0.319. The molecule has 18 heteroatoms. The zero-order valence-corrected chi connectivity index (χ0v) is 43.2. The number of benzene rings is 1. The predicted octanol–water partition coefficient (Wildman–Crippen LogP) is 5.71. The van der Waals surface area contributed by atoms with Crippen molar-refractivity contribution in [3.05, 3.63) is 47.8 Å². The molecule has 1 aromatic heterocycles. The van der Waals surface area contributed by atoms with Gasteiger partial charge in [-0.15, -0.1) is 0 Å². The van der Waals surface area contributed by atoms with E-state index in [2.05, 4.69) is 15.1 Å². The van der Waals surface area contributed by atoms with Crippen LogP contribution in [0.5, 0.6) is 0 Å². The Morgan fingerprint density at radius 1 is 0.928 bits per heavy atom. The zero-order chi connectivity index (χ0) is 50.9. The van der Waals surface area contributed by atoms with Gasteiger partial charge in [-0.2, -0.15) is 10.1 Å². The van der Waals surface area contributed by atoms with Crippen LogP contribution in [-0.2, 0) is 47.5 Å². The number of hydrogen-bond acceptors (Lipinski definition) is 17. The Bertz CT molecular complexity index is 2130. The van der Waals surface area contributed by atoms with E-state index in [1.807, 2.05) is 83.9 Å². The van der Waals surface area contributed by atoms with Crippen molar-refractivity contribution < 1.29 is 62.5 Å². The highest BCUT2D eigenvalue weighted by atomic mass is 16.7. The largest absolute Gasteiger partial charge is 0.458 e. The number of methoxy groups -OCH3 is 2. The first-order valence-electron chi connectivity index (χ1n) is 24.4. The van der Waals surface area contributed by atoms with Crippen LogP contribution in [0.2, 0.25) is 0 Å². The van der Waals surface area contributed by atoms with Gasteiger partial charge in [0.15, 0.2) is 24.0 Å². The quantitative estimate of drug-likeness (QED) is 0.204. The third kappa shape index (κ3) is 11.1. The molecular weight excluding hydrogens is 891 g/mol. The minimum absolute atomic E-state index is 0.0939. The number of hydrogen-bond donors (Lipinski definition) is 2. The van der Waals surface area contributed by atoms with Crippen LogP contribution >= 0.6 is 0 Å². The molecule has 18 atom stereocenters. The molecule has 4 aliphatic rings. The molecule has 0 aliphatic carbocycles. The molecule has 0 radical (unpaired) electrons. The molecule has 4 fully saturated rings. The number of ether oxygens (including phenoxy) is 8. The van der Waals surface area contributed by atoms with Gasteiger partial charge in [0.05, 0.1) is 53.4 Å². The molecule has 1 aromatic carbocycles. The number of aromatic nitrogens is 2. The Morgan fingerprint density at radius 3 is 2.20 bits per heavy atom. The molecule has 0 spiro atoms. The van der Waals surface area contributed by atoms with E-state index in [0.717, 1.165) is 10.6 Å². The molecule has 0 bridgehead atoms. The molecule has 5 heterocycles. The summed E-state index contributed by atoms with van der Waals surface area (Å²) in [7, 11) is 6.81. The van der Waals surface area contributed by atoms with E-state index in [-0.39, 0.29) is 37.2 Å². The summed E-state index contributed by atoms with van der Waals surface area (Å²) >= 11 is 0. The summed E-state index contributed by atoms with van der Waals surface area (Å²) in [6.45, 7) is 19.6. The molecule has 4 saturated heterocycles. The van der Waals surface area contributed by atoms with Crippen LogP contribution in [0.1, 0.15) is 106 Å². The number of ketones is 1. The second-order valence-corrected chi connectivity index (χ2v) is 20.6. The molecule has 6 rings (SSSR count). The maximum atomic E-state index is 15.1. The Hall–Kier alpha value is -3.98. The van der Waals surface area contributed by atoms with Crippen molar-refractivity contribution in [2.75, 3.05) is 28.3 Å². The molecule has 1 amide bonds. The van der Waals surface area contributed by atoms with Gasteiger partial charge >= 0.3 is 12.1 Å². The van der Waals surface area contributed by atoms with Crippen LogP contribution in [0.3, 0.4) is 0 Å². The van der Waals surface area contributed by atoms with Crippen molar-refractivity contribution in [3.8, 4) is 11.4 Å². The average molecular weight is 968 g/mol. The number of esters is 1. The van der Waals surface area contributed by atoms with Crippen molar-refractivity contribution in [3.63, 3.8) is 0 Å². The van der Waals surface area contributed by atoms with Crippen molar-refractivity contribution >= 4 is 24.1 Å². The number of likely N-dealkylation sites (N-methyl/N-ethyl adjacent to an activating group) is 1. The Labute approximate surface area is 407 Å². The van der Waals surface area contributed by atoms with Crippen molar-refractivity contribution in [2.24, 2.45) is 28.8 Å². The van der Waals surface area contributed by atoms with Gasteiger partial charge in [-0.25, -0.2) is 14.8 Å². The Morgan fingerprint density at radius 2 is 1.59 bits per heavy atom. The number of hydrazone groups is 1. The summed E-state index contributed by atoms with van der Waals surface area (Å²) in [6.07, 6.45) is -5.10. The molecule has 2 aromatic rings.